The maximum Gasteiger partial charge on any atom is 0.291 e. The van der Waals surface area contributed by atoms with Crippen LogP contribution in [0.15, 0.2) is 41.0 Å². The number of hydrogen-bond donors (Lipinski definition) is 2. The van der Waals surface area contributed by atoms with E-state index < -0.39 is 0 Å². The van der Waals surface area contributed by atoms with Crippen LogP contribution in [-0.2, 0) is 0 Å². The van der Waals surface area contributed by atoms with Gasteiger partial charge in [0, 0.05) is 29.9 Å². The molecule has 2 amide bonds. The molecule has 26 heavy (non-hydrogen) atoms. The first-order chi connectivity index (χ1) is 12.5. The molecule has 1 saturated heterocycles. The molecule has 2 aromatic rings. The van der Waals surface area contributed by atoms with Crippen molar-refractivity contribution in [1.29, 1.82) is 0 Å². The minimum absolute atomic E-state index is 0.0412. The predicted molar refractivity (Wildman–Crippen MR) is 100 cm³/mol. The lowest BCUT2D eigenvalue weighted by atomic mass is 9.95. The largest absolute Gasteiger partial charge is 0.459 e. The molecular weight excluding hydrogens is 330 g/mol. The van der Waals surface area contributed by atoms with E-state index in [1.807, 2.05) is 24.8 Å². The summed E-state index contributed by atoms with van der Waals surface area (Å²) in [6, 6.07) is 8.61. The summed E-state index contributed by atoms with van der Waals surface area (Å²) < 4.78 is 5.12. The van der Waals surface area contributed by atoms with E-state index >= 15 is 0 Å². The molecule has 6 nitrogen and oxygen atoms in total. The van der Waals surface area contributed by atoms with Crippen molar-refractivity contribution in [3.8, 4) is 0 Å². The van der Waals surface area contributed by atoms with Gasteiger partial charge in [0.1, 0.15) is 0 Å². The molecule has 2 heterocycles. The SMILES string of the molecule is Cc1ccc(C(=O)N2CCCCC2C(C)N)cc1NC(=O)c1ccco1. The smallest absolute Gasteiger partial charge is 0.291 e. The van der Waals surface area contributed by atoms with Gasteiger partial charge in [-0.3, -0.25) is 9.59 Å². The van der Waals surface area contributed by atoms with Gasteiger partial charge in [0.05, 0.1) is 6.26 Å². The van der Waals surface area contributed by atoms with Gasteiger partial charge in [0.15, 0.2) is 5.76 Å². The Hall–Kier alpha value is -2.60. The predicted octanol–water partition coefficient (Wildman–Crippen LogP) is 3.18. The number of furan rings is 1. The van der Waals surface area contributed by atoms with Crippen LogP contribution in [0.3, 0.4) is 0 Å². The van der Waals surface area contributed by atoms with Gasteiger partial charge in [-0.05, 0) is 62.9 Å². The number of likely N-dealkylation sites (tertiary alicyclic amines) is 1. The third-order valence-corrected chi connectivity index (χ3v) is 4.89. The molecule has 0 saturated carbocycles. The number of nitrogens with zero attached hydrogens (tertiary/aromatic N) is 1. The molecule has 2 unspecified atom stereocenters. The zero-order valence-corrected chi connectivity index (χ0v) is 15.2. The van der Waals surface area contributed by atoms with Crippen LogP contribution in [-0.4, -0.2) is 35.3 Å². The normalized spacial score (nSPS) is 18.4. The average molecular weight is 355 g/mol. The maximum atomic E-state index is 13.0. The van der Waals surface area contributed by atoms with E-state index in [0.717, 1.165) is 24.8 Å². The quantitative estimate of drug-likeness (QED) is 0.881. The van der Waals surface area contributed by atoms with Crippen molar-refractivity contribution in [3.63, 3.8) is 0 Å². The highest BCUT2D eigenvalue weighted by atomic mass is 16.3. The first kappa shape index (κ1) is 18.2. The van der Waals surface area contributed by atoms with Gasteiger partial charge in [-0.25, -0.2) is 0 Å². The first-order valence-corrected chi connectivity index (χ1v) is 8.99. The van der Waals surface area contributed by atoms with Crippen LogP contribution in [0.5, 0.6) is 0 Å². The lowest BCUT2D eigenvalue weighted by Crippen LogP contribution is -2.51. The highest BCUT2D eigenvalue weighted by molar-refractivity contribution is 6.04. The topological polar surface area (TPSA) is 88.6 Å². The fourth-order valence-corrected chi connectivity index (χ4v) is 3.40. The van der Waals surface area contributed by atoms with E-state index in [1.165, 1.54) is 6.26 Å². The summed E-state index contributed by atoms with van der Waals surface area (Å²) in [5.74, 6) is -0.149. The van der Waals surface area contributed by atoms with E-state index in [2.05, 4.69) is 5.32 Å². The molecule has 0 spiro atoms. The minimum atomic E-state index is -0.339. The molecule has 1 aliphatic heterocycles. The second-order valence-electron chi connectivity index (χ2n) is 6.88. The second-order valence-corrected chi connectivity index (χ2v) is 6.88. The standard InChI is InChI=1S/C20H25N3O3/c1-13-8-9-15(12-16(13)22-19(24)18-7-5-11-26-18)20(25)23-10-4-3-6-17(23)14(2)21/h5,7-9,11-12,14,17H,3-4,6,10,21H2,1-2H3,(H,22,24). The van der Waals surface area contributed by atoms with Crippen LogP contribution >= 0.6 is 0 Å². The molecule has 1 aromatic heterocycles. The molecule has 1 fully saturated rings. The molecule has 0 bridgehead atoms. The Morgan fingerprint density at radius 1 is 1.31 bits per heavy atom. The van der Waals surface area contributed by atoms with Gasteiger partial charge >= 0.3 is 0 Å². The number of aryl methyl sites for hydroxylation is 1. The fourth-order valence-electron chi connectivity index (χ4n) is 3.40. The first-order valence-electron chi connectivity index (χ1n) is 8.99. The Morgan fingerprint density at radius 3 is 2.81 bits per heavy atom. The van der Waals surface area contributed by atoms with E-state index in [-0.39, 0.29) is 29.7 Å². The lowest BCUT2D eigenvalue weighted by Gasteiger charge is -2.38. The molecule has 1 aromatic carbocycles. The number of amides is 2. The number of piperidine rings is 1. The number of rotatable bonds is 4. The Morgan fingerprint density at radius 2 is 2.12 bits per heavy atom. The molecule has 6 heteroatoms. The van der Waals surface area contributed by atoms with E-state index in [1.54, 1.807) is 24.3 Å². The van der Waals surface area contributed by atoms with Gasteiger partial charge in [-0.15, -0.1) is 0 Å². The average Bonchev–Trinajstić information content (AvgIpc) is 3.17. The van der Waals surface area contributed by atoms with Gasteiger partial charge < -0.3 is 20.4 Å². The molecule has 3 rings (SSSR count). The van der Waals surface area contributed by atoms with Gasteiger partial charge in [-0.1, -0.05) is 6.07 Å². The second kappa shape index (κ2) is 7.74. The molecule has 0 radical (unpaired) electrons. The Labute approximate surface area is 153 Å². The molecular formula is C20H25N3O3. The summed E-state index contributed by atoms with van der Waals surface area (Å²) in [4.78, 5) is 27.1. The maximum absolute atomic E-state index is 13.0. The number of carbonyl (C=O) groups excluding carboxylic acids is 2. The third kappa shape index (κ3) is 3.80. The highest BCUT2D eigenvalue weighted by Gasteiger charge is 2.30. The van der Waals surface area contributed by atoms with Crippen molar-refractivity contribution in [2.75, 3.05) is 11.9 Å². The van der Waals surface area contributed by atoms with Gasteiger partial charge in [0.2, 0.25) is 0 Å². The van der Waals surface area contributed by atoms with Crippen molar-refractivity contribution < 1.29 is 14.0 Å². The fraction of sp³-hybridized carbons (Fsp3) is 0.400. The van der Waals surface area contributed by atoms with Crippen LogP contribution in [0.1, 0.15) is 52.7 Å². The van der Waals surface area contributed by atoms with Gasteiger partial charge in [0.25, 0.3) is 11.8 Å². The number of nitrogens with one attached hydrogen (secondary N) is 1. The monoisotopic (exact) mass is 355 g/mol. The van der Waals surface area contributed by atoms with Crippen LogP contribution < -0.4 is 11.1 Å². The van der Waals surface area contributed by atoms with Crippen LogP contribution in [0.2, 0.25) is 0 Å². The third-order valence-electron chi connectivity index (χ3n) is 4.89. The molecule has 1 aliphatic rings. The number of nitrogens with two attached hydrogens (primary N) is 1. The number of carbonyl (C=O) groups is 2. The number of hydrogen-bond acceptors (Lipinski definition) is 4. The van der Waals surface area contributed by atoms with Crippen molar-refractivity contribution in [1.82, 2.24) is 4.90 Å². The van der Waals surface area contributed by atoms with E-state index in [9.17, 15) is 9.59 Å². The van der Waals surface area contributed by atoms with Crippen molar-refractivity contribution in [2.45, 2.75) is 45.2 Å². The Bertz CT molecular complexity index is 784. The minimum Gasteiger partial charge on any atom is -0.459 e. The summed E-state index contributed by atoms with van der Waals surface area (Å²) in [5, 5.41) is 2.82. The zero-order chi connectivity index (χ0) is 18.7. The number of anilines is 1. The van der Waals surface area contributed by atoms with Gasteiger partial charge in [-0.2, -0.15) is 0 Å². The van der Waals surface area contributed by atoms with Crippen LogP contribution in [0.4, 0.5) is 5.69 Å². The van der Waals surface area contributed by atoms with Crippen molar-refractivity contribution in [3.05, 3.63) is 53.5 Å². The number of benzene rings is 1. The molecule has 2 atom stereocenters. The van der Waals surface area contributed by atoms with E-state index in [4.69, 9.17) is 10.2 Å². The molecule has 138 valence electrons. The summed E-state index contributed by atoms with van der Waals surface area (Å²) in [6.45, 7) is 4.55. The van der Waals surface area contributed by atoms with Crippen LogP contribution in [0.25, 0.3) is 0 Å². The zero-order valence-electron chi connectivity index (χ0n) is 15.2. The summed E-state index contributed by atoms with van der Waals surface area (Å²) in [7, 11) is 0. The summed E-state index contributed by atoms with van der Waals surface area (Å²) >= 11 is 0. The highest BCUT2D eigenvalue weighted by Crippen LogP contribution is 2.24. The Balaban J connectivity index is 1.82. The Kier molecular flexibility index (Phi) is 5.42. The molecule has 0 aliphatic carbocycles. The van der Waals surface area contributed by atoms with E-state index in [0.29, 0.717) is 17.8 Å². The summed E-state index contributed by atoms with van der Waals surface area (Å²) in [5.41, 5.74) is 8.12. The van der Waals surface area contributed by atoms with Crippen LogP contribution in [0, 0.1) is 6.92 Å². The van der Waals surface area contributed by atoms with Crippen molar-refractivity contribution >= 4 is 17.5 Å². The summed E-state index contributed by atoms with van der Waals surface area (Å²) in [6.07, 6.45) is 4.46. The lowest BCUT2D eigenvalue weighted by molar-refractivity contribution is 0.0583. The van der Waals surface area contributed by atoms with Crippen molar-refractivity contribution in [2.24, 2.45) is 5.73 Å². The molecule has 3 N–H and O–H groups in total.